The summed E-state index contributed by atoms with van der Waals surface area (Å²) in [7, 11) is 0. The zero-order chi connectivity index (χ0) is 26.0. The highest BCUT2D eigenvalue weighted by Gasteiger charge is 2.32. The summed E-state index contributed by atoms with van der Waals surface area (Å²) in [6.07, 6.45) is -4.08. The summed E-state index contributed by atoms with van der Waals surface area (Å²) < 4.78 is 49.2. The van der Waals surface area contributed by atoms with Crippen LogP contribution in [-0.4, -0.2) is 54.1 Å². The molecule has 2 amide bonds. The van der Waals surface area contributed by atoms with E-state index in [4.69, 9.17) is 15.2 Å². The minimum absolute atomic E-state index is 0.00927. The van der Waals surface area contributed by atoms with Gasteiger partial charge in [-0.1, -0.05) is 0 Å². The Bertz CT molecular complexity index is 1210. The number of nitro benzene ring substituents is 1. The van der Waals surface area contributed by atoms with Crippen LogP contribution in [0.15, 0.2) is 30.3 Å². The topological polar surface area (TPSA) is 149 Å². The Kier molecular flexibility index (Phi) is 6.88. The third kappa shape index (κ3) is 5.59. The Morgan fingerprint density at radius 1 is 1.19 bits per heavy atom. The molecular weight excluding hydrogens is 487 g/mol. The molecule has 1 saturated heterocycles. The molecule has 0 aromatic heterocycles. The van der Waals surface area contributed by atoms with Gasteiger partial charge in [0, 0.05) is 36.9 Å². The van der Waals surface area contributed by atoms with E-state index in [1.165, 1.54) is 6.07 Å². The number of alkyl halides is 3. The van der Waals surface area contributed by atoms with Crippen molar-refractivity contribution in [3.63, 3.8) is 0 Å². The first kappa shape index (κ1) is 25.0. The molecule has 4 rings (SSSR count). The van der Waals surface area contributed by atoms with E-state index in [9.17, 15) is 32.9 Å². The average molecular weight is 509 g/mol. The number of amides is 2. The summed E-state index contributed by atoms with van der Waals surface area (Å²) in [5, 5.41) is 16.5. The molecule has 0 radical (unpaired) electrons. The maximum Gasteiger partial charge on any atom is 0.416 e. The van der Waals surface area contributed by atoms with Gasteiger partial charge in [0.15, 0.2) is 11.5 Å². The van der Waals surface area contributed by atoms with Crippen LogP contribution in [0.2, 0.25) is 0 Å². The van der Waals surface area contributed by atoms with Gasteiger partial charge in [-0.15, -0.1) is 0 Å². The number of anilines is 1. The molecule has 14 heteroatoms. The third-order valence-electron chi connectivity index (χ3n) is 5.84. The molecule has 2 aromatic rings. The SMILES string of the molecule is Nc1ccc(C(F)(F)F)cc1C(=O)NCC(=O)N[C@@H]1CCN(Cc2cc3c(cc2[N+](=O)[O-])OCO3)C1. The van der Waals surface area contributed by atoms with Crippen LogP contribution in [0.5, 0.6) is 11.5 Å². The fraction of sp³-hybridized carbons (Fsp3) is 0.364. The van der Waals surface area contributed by atoms with Crippen LogP contribution >= 0.6 is 0 Å². The van der Waals surface area contributed by atoms with Crippen molar-refractivity contribution in [1.82, 2.24) is 15.5 Å². The highest BCUT2D eigenvalue weighted by molar-refractivity contribution is 6.00. The molecule has 4 N–H and O–H groups in total. The van der Waals surface area contributed by atoms with E-state index in [2.05, 4.69) is 10.6 Å². The quantitative estimate of drug-likeness (QED) is 0.292. The number of likely N-dealkylation sites (tertiary alicyclic amines) is 1. The molecule has 11 nitrogen and oxygen atoms in total. The van der Waals surface area contributed by atoms with Crippen LogP contribution in [0, 0.1) is 10.1 Å². The number of carbonyl (C=O) groups is 2. The van der Waals surface area contributed by atoms with Gasteiger partial charge in [0.05, 0.1) is 28.7 Å². The van der Waals surface area contributed by atoms with Gasteiger partial charge in [0.2, 0.25) is 12.7 Å². The van der Waals surface area contributed by atoms with Crippen LogP contribution in [0.1, 0.15) is 27.9 Å². The van der Waals surface area contributed by atoms with Crippen molar-refractivity contribution in [1.29, 1.82) is 0 Å². The van der Waals surface area contributed by atoms with Crippen LogP contribution in [0.3, 0.4) is 0 Å². The predicted molar refractivity (Wildman–Crippen MR) is 119 cm³/mol. The van der Waals surface area contributed by atoms with E-state index < -0.39 is 35.0 Å². The normalized spacial score (nSPS) is 17.1. The molecule has 0 bridgehead atoms. The van der Waals surface area contributed by atoms with E-state index in [0.29, 0.717) is 42.6 Å². The first-order valence-electron chi connectivity index (χ1n) is 10.8. The molecule has 192 valence electrons. The molecule has 0 unspecified atom stereocenters. The number of nitrogen functional groups attached to an aromatic ring is 1. The number of carbonyl (C=O) groups excluding carboxylic acids is 2. The highest BCUT2D eigenvalue weighted by atomic mass is 19.4. The smallest absolute Gasteiger partial charge is 0.416 e. The summed E-state index contributed by atoms with van der Waals surface area (Å²) in [4.78, 5) is 37.5. The van der Waals surface area contributed by atoms with Gasteiger partial charge >= 0.3 is 6.18 Å². The third-order valence-corrected chi connectivity index (χ3v) is 5.84. The molecular formula is C22H22F3N5O6. The number of rotatable bonds is 7. The second kappa shape index (κ2) is 9.89. The van der Waals surface area contributed by atoms with Gasteiger partial charge in [0.25, 0.3) is 11.6 Å². The molecule has 2 aliphatic rings. The summed E-state index contributed by atoms with van der Waals surface area (Å²) in [5.74, 6) is -0.700. The Morgan fingerprint density at radius 2 is 1.92 bits per heavy atom. The second-order valence-corrected chi connectivity index (χ2v) is 8.36. The Labute approximate surface area is 202 Å². The maximum absolute atomic E-state index is 12.9. The first-order chi connectivity index (χ1) is 17.0. The molecule has 0 aliphatic carbocycles. The van der Waals surface area contributed by atoms with Gasteiger partial charge in [-0.2, -0.15) is 13.2 Å². The first-order valence-corrected chi connectivity index (χ1v) is 10.8. The molecule has 1 fully saturated rings. The van der Waals surface area contributed by atoms with Gasteiger partial charge in [-0.05, 0) is 30.7 Å². The van der Waals surface area contributed by atoms with Crippen molar-refractivity contribution >= 4 is 23.2 Å². The van der Waals surface area contributed by atoms with Crippen molar-refractivity contribution in [3.05, 3.63) is 57.1 Å². The minimum atomic E-state index is -4.64. The van der Waals surface area contributed by atoms with E-state index in [1.807, 2.05) is 4.90 Å². The number of ether oxygens (including phenoxy) is 2. The number of nitrogens with zero attached hydrogens (tertiary/aromatic N) is 2. The molecule has 2 aliphatic heterocycles. The highest BCUT2D eigenvalue weighted by Crippen LogP contribution is 2.38. The van der Waals surface area contributed by atoms with Crippen molar-refractivity contribution in [3.8, 4) is 11.5 Å². The van der Waals surface area contributed by atoms with E-state index in [-0.39, 0.29) is 36.3 Å². The van der Waals surface area contributed by atoms with E-state index in [1.54, 1.807) is 6.07 Å². The zero-order valence-corrected chi connectivity index (χ0v) is 18.8. The average Bonchev–Trinajstić information content (AvgIpc) is 3.45. The lowest BCUT2D eigenvalue weighted by molar-refractivity contribution is -0.385. The van der Waals surface area contributed by atoms with Gasteiger partial charge in [0.1, 0.15) is 0 Å². The van der Waals surface area contributed by atoms with E-state index >= 15 is 0 Å². The van der Waals surface area contributed by atoms with Crippen molar-refractivity contribution in [2.45, 2.75) is 25.2 Å². The van der Waals surface area contributed by atoms with Crippen LogP contribution in [0.4, 0.5) is 24.5 Å². The lowest BCUT2D eigenvalue weighted by atomic mass is 10.1. The van der Waals surface area contributed by atoms with Gasteiger partial charge < -0.3 is 25.8 Å². The fourth-order valence-electron chi connectivity index (χ4n) is 4.07. The van der Waals surface area contributed by atoms with Crippen LogP contribution in [0.25, 0.3) is 0 Å². The number of fused-ring (bicyclic) bond motifs is 1. The predicted octanol–water partition coefficient (Wildman–Crippen LogP) is 2.04. The van der Waals surface area contributed by atoms with Crippen LogP contribution in [-0.2, 0) is 17.5 Å². The number of hydrogen-bond acceptors (Lipinski definition) is 8. The fourth-order valence-corrected chi connectivity index (χ4v) is 4.07. The minimum Gasteiger partial charge on any atom is -0.454 e. The number of hydrogen-bond donors (Lipinski definition) is 3. The molecule has 0 saturated carbocycles. The molecule has 1 atom stereocenters. The molecule has 2 heterocycles. The standard InChI is InChI=1S/C22H22F3N5O6/c23-22(24,25)13-1-2-16(26)15(6-13)21(32)27-8-20(31)28-14-3-4-29(10-14)9-12-5-18-19(36-11-35-18)7-17(12)30(33)34/h1-2,5-7,14H,3-4,8-11,26H2,(H,27,32)(H,28,31)/t14-/m1/s1. The van der Waals surface area contributed by atoms with Gasteiger partial charge in [-0.3, -0.25) is 24.6 Å². The maximum atomic E-state index is 12.9. The summed E-state index contributed by atoms with van der Waals surface area (Å²) in [6, 6.07) is 5.00. The molecule has 2 aromatic carbocycles. The van der Waals surface area contributed by atoms with Gasteiger partial charge in [-0.25, -0.2) is 0 Å². The van der Waals surface area contributed by atoms with Crippen molar-refractivity contribution < 1.29 is 37.2 Å². The lowest BCUT2D eigenvalue weighted by Crippen LogP contribution is -2.43. The largest absolute Gasteiger partial charge is 0.454 e. The summed E-state index contributed by atoms with van der Waals surface area (Å²) in [6.45, 7) is 0.754. The van der Waals surface area contributed by atoms with Crippen molar-refractivity contribution in [2.75, 3.05) is 32.2 Å². The number of nitrogens with two attached hydrogens (primary N) is 1. The zero-order valence-electron chi connectivity index (χ0n) is 18.8. The lowest BCUT2D eigenvalue weighted by Gasteiger charge is -2.17. The number of benzene rings is 2. The molecule has 0 spiro atoms. The van der Waals surface area contributed by atoms with E-state index in [0.717, 1.165) is 12.1 Å². The Hall–Kier alpha value is -4.07. The Balaban J connectivity index is 1.30. The number of nitrogens with one attached hydrogen (secondary N) is 2. The summed E-state index contributed by atoms with van der Waals surface area (Å²) in [5.41, 5.74) is 4.42. The molecule has 36 heavy (non-hydrogen) atoms. The second-order valence-electron chi connectivity index (χ2n) is 8.36. The monoisotopic (exact) mass is 509 g/mol. The van der Waals surface area contributed by atoms with Crippen molar-refractivity contribution in [2.24, 2.45) is 0 Å². The van der Waals surface area contributed by atoms with Crippen LogP contribution < -0.4 is 25.8 Å². The summed E-state index contributed by atoms with van der Waals surface area (Å²) >= 11 is 0. The Morgan fingerprint density at radius 3 is 2.61 bits per heavy atom. The number of nitro groups is 1. The number of halogens is 3.